The van der Waals surface area contributed by atoms with Gasteiger partial charge in [0.05, 0.1) is 23.3 Å². The smallest absolute Gasteiger partial charge is 0.338 e. The van der Waals surface area contributed by atoms with E-state index in [-0.39, 0.29) is 16.5 Å². The third-order valence-corrected chi connectivity index (χ3v) is 7.76. The summed E-state index contributed by atoms with van der Waals surface area (Å²) in [4.78, 5) is 25.2. The van der Waals surface area contributed by atoms with E-state index in [0.717, 1.165) is 32.1 Å². The van der Waals surface area contributed by atoms with Crippen LogP contribution in [0.4, 0.5) is 5.69 Å². The molecule has 1 aliphatic carbocycles. The first-order valence-electron chi connectivity index (χ1n) is 11.0. The number of ether oxygens (including phenoxy) is 2. The van der Waals surface area contributed by atoms with Crippen molar-refractivity contribution in [3.8, 4) is 5.75 Å². The first-order chi connectivity index (χ1) is 15.7. The maximum Gasteiger partial charge on any atom is 0.338 e. The van der Waals surface area contributed by atoms with Crippen molar-refractivity contribution in [1.29, 1.82) is 0 Å². The summed E-state index contributed by atoms with van der Waals surface area (Å²) in [6.07, 6.45) is 3.69. The first kappa shape index (κ1) is 24.7. The van der Waals surface area contributed by atoms with E-state index in [4.69, 9.17) is 9.47 Å². The molecule has 2 aromatic carbocycles. The van der Waals surface area contributed by atoms with Gasteiger partial charge in [0.25, 0.3) is 5.91 Å². The number of carbonyl (C=O) groups is 2. The number of sulfonamides is 1. The van der Waals surface area contributed by atoms with Crippen molar-refractivity contribution < 1.29 is 27.5 Å². The molecule has 8 nitrogen and oxygen atoms in total. The Morgan fingerprint density at radius 3 is 2.45 bits per heavy atom. The monoisotopic (exact) mass is 474 g/mol. The molecule has 0 saturated heterocycles. The van der Waals surface area contributed by atoms with Gasteiger partial charge in [-0.2, -0.15) is 4.31 Å². The highest BCUT2D eigenvalue weighted by Crippen LogP contribution is 2.27. The van der Waals surface area contributed by atoms with Gasteiger partial charge >= 0.3 is 5.97 Å². The molecule has 0 radical (unpaired) electrons. The fourth-order valence-electron chi connectivity index (χ4n) is 3.86. The van der Waals surface area contributed by atoms with Crippen LogP contribution in [0.25, 0.3) is 0 Å². The summed E-state index contributed by atoms with van der Waals surface area (Å²) in [6, 6.07) is 12.6. The van der Waals surface area contributed by atoms with E-state index in [2.05, 4.69) is 5.32 Å². The Morgan fingerprint density at radius 1 is 1.06 bits per heavy atom. The Kier molecular flexibility index (Phi) is 8.10. The molecule has 1 aliphatic rings. The lowest BCUT2D eigenvalue weighted by Gasteiger charge is -2.30. The molecular weight excluding hydrogens is 444 g/mol. The Labute approximate surface area is 194 Å². The number of rotatable bonds is 8. The summed E-state index contributed by atoms with van der Waals surface area (Å²) in [6.45, 7) is 1.44. The number of benzene rings is 2. The van der Waals surface area contributed by atoms with Gasteiger partial charge in [-0.3, -0.25) is 4.79 Å². The number of esters is 1. The molecule has 0 bridgehead atoms. The number of amides is 1. The fraction of sp³-hybridized carbons (Fsp3) is 0.417. The molecule has 3 rings (SSSR count). The molecule has 1 saturated carbocycles. The molecule has 9 heteroatoms. The van der Waals surface area contributed by atoms with Gasteiger partial charge in [0, 0.05) is 13.1 Å². The zero-order chi connectivity index (χ0) is 24.0. The van der Waals surface area contributed by atoms with Crippen LogP contribution in [0.2, 0.25) is 0 Å². The molecule has 33 heavy (non-hydrogen) atoms. The highest BCUT2D eigenvalue weighted by molar-refractivity contribution is 7.89. The number of methoxy groups -OCH3 is 1. The van der Waals surface area contributed by atoms with E-state index >= 15 is 0 Å². The first-order valence-corrected chi connectivity index (χ1v) is 12.4. The summed E-state index contributed by atoms with van der Waals surface area (Å²) >= 11 is 0. The lowest BCUT2D eigenvalue weighted by molar-refractivity contribution is -0.123. The van der Waals surface area contributed by atoms with E-state index < -0.39 is 28.0 Å². The highest BCUT2D eigenvalue weighted by Gasteiger charge is 2.30. The van der Waals surface area contributed by atoms with Crippen molar-refractivity contribution in [3.63, 3.8) is 0 Å². The maximum absolute atomic E-state index is 13.1. The average Bonchev–Trinajstić information content (AvgIpc) is 2.84. The minimum Gasteiger partial charge on any atom is -0.495 e. The van der Waals surface area contributed by atoms with Crippen molar-refractivity contribution in [2.75, 3.05) is 19.5 Å². The Hall–Kier alpha value is -2.91. The Morgan fingerprint density at radius 2 is 1.76 bits per heavy atom. The SMILES string of the molecule is COc1ccccc1NC(=O)C(C)OC(=O)c1cccc(S(=O)(=O)N(C)C2CCCCC2)c1. The second-order valence-corrected chi connectivity index (χ2v) is 10.1. The van der Waals surface area contributed by atoms with Gasteiger partial charge in [0.1, 0.15) is 5.75 Å². The van der Waals surface area contributed by atoms with Crippen LogP contribution < -0.4 is 10.1 Å². The number of carbonyl (C=O) groups excluding carboxylic acids is 2. The standard InChI is InChI=1S/C24H30N2O6S/c1-17(23(27)25-21-14-7-8-15-22(21)31-3)32-24(28)18-10-9-13-20(16-18)33(29,30)26(2)19-11-5-4-6-12-19/h7-10,13-17,19H,4-6,11-12H2,1-3H3,(H,25,27). The van der Waals surface area contributed by atoms with Crippen molar-refractivity contribution in [1.82, 2.24) is 4.31 Å². The summed E-state index contributed by atoms with van der Waals surface area (Å²) in [5.74, 6) is -0.840. The second-order valence-electron chi connectivity index (χ2n) is 8.08. The van der Waals surface area contributed by atoms with Gasteiger partial charge in [-0.25, -0.2) is 13.2 Å². The maximum atomic E-state index is 13.1. The molecule has 1 N–H and O–H groups in total. The zero-order valence-corrected chi connectivity index (χ0v) is 19.9. The number of anilines is 1. The predicted octanol–water partition coefficient (Wildman–Crippen LogP) is 3.83. The van der Waals surface area contributed by atoms with E-state index in [1.54, 1.807) is 31.3 Å². The van der Waals surface area contributed by atoms with Crippen LogP contribution in [-0.2, 0) is 19.6 Å². The lowest BCUT2D eigenvalue weighted by atomic mass is 9.96. The highest BCUT2D eigenvalue weighted by atomic mass is 32.2. The van der Waals surface area contributed by atoms with Crippen LogP contribution >= 0.6 is 0 Å². The molecule has 1 unspecified atom stereocenters. The molecule has 0 aliphatic heterocycles. The Bertz CT molecular complexity index is 1100. The normalized spacial score (nSPS) is 15.6. The van der Waals surface area contributed by atoms with Gasteiger partial charge in [0.15, 0.2) is 6.10 Å². The molecule has 178 valence electrons. The minimum absolute atomic E-state index is 0.0242. The molecule has 1 amide bonds. The van der Waals surface area contributed by atoms with Crippen LogP contribution in [-0.4, -0.2) is 50.9 Å². The largest absolute Gasteiger partial charge is 0.495 e. The number of nitrogens with one attached hydrogen (secondary N) is 1. The third kappa shape index (κ3) is 5.91. The number of hydrogen-bond acceptors (Lipinski definition) is 6. The van der Waals surface area contributed by atoms with Crippen molar-refractivity contribution >= 4 is 27.6 Å². The van der Waals surface area contributed by atoms with Gasteiger partial charge in [-0.1, -0.05) is 37.5 Å². The van der Waals surface area contributed by atoms with Gasteiger partial charge in [-0.05, 0) is 50.1 Å². The summed E-state index contributed by atoms with van der Waals surface area (Å²) in [5, 5.41) is 2.66. The lowest BCUT2D eigenvalue weighted by Crippen LogP contribution is -2.38. The molecular formula is C24H30N2O6S. The molecule has 1 fully saturated rings. The van der Waals surface area contributed by atoms with E-state index in [1.165, 1.54) is 42.6 Å². The van der Waals surface area contributed by atoms with Crippen LogP contribution in [0, 0.1) is 0 Å². The number of para-hydroxylation sites is 2. The summed E-state index contributed by atoms with van der Waals surface area (Å²) in [5.41, 5.74) is 0.511. The van der Waals surface area contributed by atoms with E-state index in [0.29, 0.717) is 11.4 Å². The zero-order valence-electron chi connectivity index (χ0n) is 19.1. The van der Waals surface area contributed by atoms with Crippen LogP contribution in [0.5, 0.6) is 5.75 Å². The fourth-order valence-corrected chi connectivity index (χ4v) is 5.32. The molecule has 0 aromatic heterocycles. The molecule has 1 atom stereocenters. The van der Waals surface area contributed by atoms with Crippen LogP contribution in [0.1, 0.15) is 49.4 Å². The van der Waals surface area contributed by atoms with Crippen molar-refractivity contribution in [2.24, 2.45) is 0 Å². The van der Waals surface area contributed by atoms with Crippen molar-refractivity contribution in [2.45, 2.75) is 56.1 Å². The third-order valence-electron chi connectivity index (χ3n) is 5.85. The van der Waals surface area contributed by atoms with Gasteiger partial charge in [-0.15, -0.1) is 0 Å². The number of nitrogens with zero attached hydrogens (tertiary/aromatic N) is 1. The molecule has 0 heterocycles. The van der Waals surface area contributed by atoms with Crippen LogP contribution in [0.3, 0.4) is 0 Å². The van der Waals surface area contributed by atoms with Crippen LogP contribution in [0.15, 0.2) is 53.4 Å². The quantitative estimate of drug-likeness (QED) is 0.584. The Balaban J connectivity index is 1.69. The summed E-state index contributed by atoms with van der Waals surface area (Å²) in [7, 11) is -0.684. The average molecular weight is 475 g/mol. The topological polar surface area (TPSA) is 102 Å². The van der Waals surface area contributed by atoms with Gasteiger partial charge in [0.2, 0.25) is 10.0 Å². The van der Waals surface area contributed by atoms with E-state index in [1.807, 2.05) is 0 Å². The second kappa shape index (κ2) is 10.8. The predicted molar refractivity (Wildman–Crippen MR) is 125 cm³/mol. The number of hydrogen-bond donors (Lipinski definition) is 1. The summed E-state index contributed by atoms with van der Waals surface area (Å²) < 4.78 is 38.1. The molecule has 2 aromatic rings. The van der Waals surface area contributed by atoms with Gasteiger partial charge < -0.3 is 14.8 Å². The molecule has 0 spiro atoms. The minimum atomic E-state index is -3.76. The van der Waals surface area contributed by atoms with Crippen molar-refractivity contribution in [3.05, 3.63) is 54.1 Å². The van der Waals surface area contributed by atoms with E-state index in [9.17, 15) is 18.0 Å².